The molecule has 0 saturated carbocycles. The lowest BCUT2D eigenvalue weighted by molar-refractivity contribution is -0.125. The van der Waals surface area contributed by atoms with E-state index in [2.05, 4.69) is 17.6 Å². The number of amides is 1. The summed E-state index contributed by atoms with van der Waals surface area (Å²) in [5.74, 6) is 0.140. The van der Waals surface area contributed by atoms with Crippen LogP contribution in [0.3, 0.4) is 0 Å². The SMILES string of the molecule is C=CCN(CC=C)C(=O)C1=CN2CCS(=O)(=O)N=C2C=C1. The van der Waals surface area contributed by atoms with E-state index in [1.807, 2.05) is 0 Å². The van der Waals surface area contributed by atoms with Crippen LogP contribution in [0.2, 0.25) is 0 Å². The fourth-order valence-corrected chi connectivity index (χ4v) is 3.03. The minimum absolute atomic E-state index is 0.0503. The molecule has 0 aliphatic carbocycles. The number of rotatable bonds is 5. The van der Waals surface area contributed by atoms with Crippen molar-refractivity contribution < 1.29 is 13.2 Å². The van der Waals surface area contributed by atoms with Crippen LogP contribution in [0.4, 0.5) is 0 Å². The Balaban J connectivity index is 2.22. The van der Waals surface area contributed by atoms with E-state index in [9.17, 15) is 13.2 Å². The maximum Gasteiger partial charge on any atom is 0.256 e. The molecule has 2 aliphatic heterocycles. The summed E-state index contributed by atoms with van der Waals surface area (Å²) in [6.07, 6.45) is 8.06. The zero-order valence-electron chi connectivity index (χ0n) is 11.6. The van der Waals surface area contributed by atoms with E-state index in [-0.39, 0.29) is 11.7 Å². The van der Waals surface area contributed by atoms with Gasteiger partial charge in [0.25, 0.3) is 15.9 Å². The Kier molecular flexibility index (Phi) is 4.42. The third kappa shape index (κ3) is 3.49. The van der Waals surface area contributed by atoms with Crippen molar-refractivity contribution in [1.29, 1.82) is 0 Å². The van der Waals surface area contributed by atoms with Gasteiger partial charge in [0.2, 0.25) is 0 Å². The molecule has 0 atom stereocenters. The molecule has 2 aliphatic rings. The molecule has 0 aromatic rings. The molecule has 0 N–H and O–H groups in total. The van der Waals surface area contributed by atoms with Crippen molar-refractivity contribution in [1.82, 2.24) is 9.80 Å². The molecule has 0 radical (unpaired) electrons. The summed E-state index contributed by atoms with van der Waals surface area (Å²) in [7, 11) is -3.38. The van der Waals surface area contributed by atoms with Crippen molar-refractivity contribution in [2.24, 2.45) is 4.40 Å². The van der Waals surface area contributed by atoms with Gasteiger partial charge in [-0.2, -0.15) is 0 Å². The maximum atomic E-state index is 12.4. The Bertz CT molecular complexity index is 649. The molecule has 112 valence electrons. The minimum atomic E-state index is -3.38. The van der Waals surface area contributed by atoms with Gasteiger partial charge >= 0.3 is 0 Å². The van der Waals surface area contributed by atoms with Gasteiger partial charge in [-0.15, -0.1) is 17.6 Å². The number of sulfonamides is 1. The van der Waals surface area contributed by atoms with Crippen LogP contribution in [0, 0.1) is 0 Å². The lowest BCUT2D eigenvalue weighted by Gasteiger charge is -2.28. The highest BCUT2D eigenvalue weighted by molar-refractivity contribution is 7.90. The van der Waals surface area contributed by atoms with Crippen molar-refractivity contribution >= 4 is 21.8 Å². The topological polar surface area (TPSA) is 70.1 Å². The normalized spacial score (nSPS) is 19.1. The van der Waals surface area contributed by atoms with Crippen molar-refractivity contribution in [3.05, 3.63) is 49.2 Å². The second-order valence-electron chi connectivity index (χ2n) is 4.63. The van der Waals surface area contributed by atoms with Gasteiger partial charge in [0, 0.05) is 25.8 Å². The molecule has 1 amide bonds. The van der Waals surface area contributed by atoms with Crippen molar-refractivity contribution in [2.45, 2.75) is 0 Å². The zero-order valence-corrected chi connectivity index (χ0v) is 12.4. The van der Waals surface area contributed by atoms with Crippen LogP contribution in [0.25, 0.3) is 0 Å². The van der Waals surface area contributed by atoms with Crippen LogP contribution in [-0.2, 0) is 14.8 Å². The van der Waals surface area contributed by atoms with E-state index < -0.39 is 10.0 Å². The second kappa shape index (κ2) is 6.09. The van der Waals surface area contributed by atoms with Crippen LogP contribution in [0.15, 0.2) is 53.6 Å². The molecule has 0 aromatic carbocycles. The Morgan fingerprint density at radius 1 is 1.33 bits per heavy atom. The summed E-state index contributed by atoms with van der Waals surface area (Å²) in [5, 5.41) is 0. The van der Waals surface area contributed by atoms with Crippen molar-refractivity contribution in [3.63, 3.8) is 0 Å². The predicted molar refractivity (Wildman–Crippen MR) is 82.1 cm³/mol. The highest BCUT2D eigenvalue weighted by atomic mass is 32.2. The average molecular weight is 307 g/mol. The Labute approximate surface area is 124 Å². The number of hydrogen-bond donors (Lipinski definition) is 0. The molecule has 0 aromatic heterocycles. The van der Waals surface area contributed by atoms with E-state index in [1.54, 1.807) is 40.3 Å². The molecule has 0 saturated heterocycles. The number of nitrogens with zero attached hydrogens (tertiary/aromatic N) is 3. The minimum Gasteiger partial charge on any atom is -0.331 e. The standard InChI is InChI=1S/C14H17N3O3S/c1-3-7-16(8-4-2)14(18)12-5-6-13-15-21(19,20)10-9-17(13)11-12/h3-6,11H,1-2,7-10H2. The molecule has 0 spiro atoms. The Morgan fingerprint density at radius 3 is 2.62 bits per heavy atom. The molecule has 0 fully saturated rings. The van der Waals surface area contributed by atoms with Crippen LogP contribution in [0.1, 0.15) is 0 Å². The van der Waals surface area contributed by atoms with Crippen LogP contribution >= 0.6 is 0 Å². The number of hydrogen-bond acceptors (Lipinski definition) is 4. The lowest BCUT2D eigenvalue weighted by Crippen LogP contribution is -2.39. The predicted octanol–water partition coefficient (Wildman–Crippen LogP) is 0.685. The molecule has 2 heterocycles. The highest BCUT2D eigenvalue weighted by Crippen LogP contribution is 2.17. The third-order valence-corrected chi connectivity index (χ3v) is 4.22. The first-order valence-electron chi connectivity index (χ1n) is 6.47. The summed E-state index contributed by atoms with van der Waals surface area (Å²) in [4.78, 5) is 15.7. The smallest absolute Gasteiger partial charge is 0.256 e. The fraction of sp³-hybridized carbons (Fsp3) is 0.286. The summed E-state index contributed by atoms with van der Waals surface area (Å²) in [6.45, 7) is 8.40. The molecular formula is C14H17N3O3S. The second-order valence-corrected chi connectivity index (χ2v) is 6.39. The summed E-state index contributed by atoms with van der Waals surface area (Å²) < 4.78 is 26.5. The highest BCUT2D eigenvalue weighted by Gasteiger charge is 2.26. The average Bonchev–Trinajstić information content (AvgIpc) is 2.45. The fourth-order valence-electron chi connectivity index (χ4n) is 2.06. The molecule has 0 unspecified atom stereocenters. The zero-order chi connectivity index (χ0) is 15.5. The van der Waals surface area contributed by atoms with Gasteiger partial charge < -0.3 is 9.80 Å². The number of carbonyl (C=O) groups excluding carboxylic acids is 1. The van der Waals surface area contributed by atoms with Gasteiger partial charge in [0.15, 0.2) is 0 Å². The molecule has 7 heteroatoms. The molecule has 21 heavy (non-hydrogen) atoms. The summed E-state index contributed by atoms with van der Waals surface area (Å²) in [6, 6.07) is 0. The summed E-state index contributed by atoms with van der Waals surface area (Å²) >= 11 is 0. The van der Waals surface area contributed by atoms with Gasteiger partial charge in [0.1, 0.15) is 5.84 Å². The maximum absolute atomic E-state index is 12.4. The largest absolute Gasteiger partial charge is 0.331 e. The van der Waals surface area contributed by atoms with Crippen LogP contribution in [-0.4, -0.2) is 55.3 Å². The van der Waals surface area contributed by atoms with E-state index in [0.717, 1.165) is 0 Å². The van der Waals surface area contributed by atoms with Gasteiger partial charge in [-0.25, -0.2) is 8.42 Å². The first-order valence-corrected chi connectivity index (χ1v) is 8.08. The van der Waals surface area contributed by atoms with E-state index in [4.69, 9.17) is 0 Å². The molecular weight excluding hydrogens is 290 g/mol. The molecule has 0 bridgehead atoms. The van der Waals surface area contributed by atoms with E-state index >= 15 is 0 Å². The lowest BCUT2D eigenvalue weighted by atomic mass is 10.1. The number of amidine groups is 1. The van der Waals surface area contributed by atoms with Crippen LogP contribution in [0.5, 0.6) is 0 Å². The van der Waals surface area contributed by atoms with Crippen molar-refractivity contribution in [2.75, 3.05) is 25.4 Å². The quantitative estimate of drug-likeness (QED) is 0.701. The Morgan fingerprint density at radius 2 is 2.00 bits per heavy atom. The first kappa shape index (κ1) is 15.2. The Hall–Kier alpha value is -2.15. The molecule has 6 nitrogen and oxygen atoms in total. The van der Waals surface area contributed by atoms with Crippen LogP contribution < -0.4 is 0 Å². The van der Waals surface area contributed by atoms with Gasteiger partial charge in [-0.3, -0.25) is 4.79 Å². The van der Waals surface area contributed by atoms with Gasteiger partial charge in [-0.05, 0) is 12.2 Å². The summed E-state index contributed by atoms with van der Waals surface area (Å²) in [5.41, 5.74) is 0.483. The van der Waals surface area contributed by atoms with E-state index in [0.29, 0.717) is 31.0 Å². The number of carbonyl (C=O) groups is 1. The monoisotopic (exact) mass is 307 g/mol. The first-order chi connectivity index (χ1) is 9.96. The third-order valence-electron chi connectivity index (χ3n) is 3.06. The molecule has 2 rings (SSSR count). The van der Waals surface area contributed by atoms with Crippen molar-refractivity contribution in [3.8, 4) is 0 Å². The van der Waals surface area contributed by atoms with Gasteiger partial charge in [-0.1, -0.05) is 12.2 Å². The van der Waals surface area contributed by atoms with E-state index in [1.165, 1.54) is 0 Å². The van der Waals surface area contributed by atoms with Gasteiger partial charge in [0.05, 0.1) is 11.3 Å². The number of fused-ring (bicyclic) bond motifs is 1.